The fourth-order valence-electron chi connectivity index (χ4n) is 2.54. The highest BCUT2D eigenvalue weighted by Gasteiger charge is 2.22. The van der Waals surface area contributed by atoms with Crippen molar-refractivity contribution >= 4 is 6.41 Å². The first-order valence-corrected chi connectivity index (χ1v) is 5.98. The fourth-order valence-corrected chi connectivity index (χ4v) is 2.54. The van der Waals surface area contributed by atoms with Gasteiger partial charge in [-0.2, -0.15) is 0 Å². The molecule has 3 nitrogen and oxygen atoms in total. The predicted octanol–water partition coefficient (Wildman–Crippen LogP) is 1.31. The first kappa shape index (κ1) is 10.7. The van der Waals surface area contributed by atoms with E-state index in [0.717, 1.165) is 32.5 Å². The topological polar surface area (TPSA) is 32.3 Å². The number of hydrogen-bond acceptors (Lipinski definition) is 2. The van der Waals surface area contributed by atoms with Crippen LogP contribution in [0.5, 0.6) is 0 Å². The summed E-state index contributed by atoms with van der Waals surface area (Å²) in [5.74, 6) is 0. The molecular formula is C12H20N2O. The largest absolute Gasteiger partial charge is 0.355 e. The second kappa shape index (κ2) is 5.31. The molecule has 1 atom stereocenters. The molecule has 0 spiro atoms. The van der Waals surface area contributed by atoms with E-state index in [1.165, 1.54) is 25.7 Å². The van der Waals surface area contributed by atoms with Crippen molar-refractivity contribution < 1.29 is 4.79 Å². The van der Waals surface area contributed by atoms with Gasteiger partial charge in [-0.3, -0.25) is 9.69 Å². The van der Waals surface area contributed by atoms with Crippen LogP contribution in [0, 0.1) is 0 Å². The second-order valence-corrected chi connectivity index (χ2v) is 4.61. The Hall–Kier alpha value is -0.830. The van der Waals surface area contributed by atoms with E-state index < -0.39 is 0 Å². The van der Waals surface area contributed by atoms with E-state index >= 15 is 0 Å². The van der Waals surface area contributed by atoms with Crippen molar-refractivity contribution in [2.75, 3.05) is 19.6 Å². The minimum Gasteiger partial charge on any atom is -0.355 e. The Morgan fingerprint density at radius 1 is 1.53 bits per heavy atom. The van der Waals surface area contributed by atoms with Crippen molar-refractivity contribution in [3.05, 3.63) is 11.6 Å². The van der Waals surface area contributed by atoms with Gasteiger partial charge in [0.25, 0.3) is 0 Å². The lowest BCUT2D eigenvalue weighted by Crippen LogP contribution is -2.32. The molecule has 3 heteroatoms. The zero-order valence-electron chi connectivity index (χ0n) is 9.24. The number of rotatable bonds is 4. The van der Waals surface area contributed by atoms with Crippen molar-refractivity contribution in [1.82, 2.24) is 10.2 Å². The molecule has 0 aromatic heterocycles. The lowest BCUT2D eigenvalue weighted by Gasteiger charge is -2.20. The van der Waals surface area contributed by atoms with E-state index in [4.69, 9.17) is 0 Å². The third-order valence-corrected chi connectivity index (χ3v) is 3.39. The smallest absolute Gasteiger partial charge is 0.207 e. The van der Waals surface area contributed by atoms with Crippen LogP contribution in [-0.4, -0.2) is 37.0 Å². The lowest BCUT2D eigenvalue weighted by molar-refractivity contribution is -0.110. The Morgan fingerprint density at radius 3 is 3.20 bits per heavy atom. The van der Waals surface area contributed by atoms with Crippen LogP contribution in [0.25, 0.3) is 0 Å². The van der Waals surface area contributed by atoms with Crippen molar-refractivity contribution in [1.29, 1.82) is 0 Å². The van der Waals surface area contributed by atoms with Crippen molar-refractivity contribution in [2.24, 2.45) is 0 Å². The molecule has 1 fully saturated rings. The molecule has 0 aromatic rings. The molecule has 1 aliphatic carbocycles. The minimum atomic E-state index is 0.381. The molecule has 0 saturated carbocycles. The summed E-state index contributed by atoms with van der Waals surface area (Å²) in [7, 11) is 0. The van der Waals surface area contributed by atoms with Gasteiger partial charge in [-0.1, -0.05) is 11.6 Å². The Morgan fingerprint density at radius 2 is 2.47 bits per heavy atom. The van der Waals surface area contributed by atoms with E-state index in [2.05, 4.69) is 16.3 Å². The molecular weight excluding hydrogens is 188 g/mol. The van der Waals surface area contributed by atoms with Crippen LogP contribution in [0.3, 0.4) is 0 Å². The van der Waals surface area contributed by atoms with Gasteiger partial charge in [0.15, 0.2) is 0 Å². The summed E-state index contributed by atoms with van der Waals surface area (Å²) in [4.78, 5) is 12.8. The molecule has 0 radical (unpaired) electrons. The van der Waals surface area contributed by atoms with Gasteiger partial charge in [0.1, 0.15) is 0 Å². The molecule has 84 valence electrons. The zero-order valence-corrected chi connectivity index (χ0v) is 9.24. The normalized spacial score (nSPS) is 27.5. The molecule has 15 heavy (non-hydrogen) atoms. The van der Waals surface area contributed by atoms with Gasteiger partial charge >= 0.3 is 0 Å². The van der Waals surface area contributed by atoms with Crippen LogP contribution in [0.15, 0.2) is 11.6 Å². The van der Waals surface area contributed by atoms with Crippen LogP contribution >= 0.6 is 0 Å². The summed E-state index contributed by atoms with van der Waals surface area (Å²) < 4.78 is 0. The molecule has 1 heterocycles. The first-order valence-electron chi connectivity index (χ1n) is 5.98. The average Bonchev–Trinajstić information content (AvgIpc) is 2.68. The molecule has 1 unspecified atom stereocenters. The van der Waals surface area contributed by atoms with Gasteiger partial charge in [0.2, 0.25) is 6.41 Å². The Balaban J connectivity index is 1.76. The van der Waals surface area contributed by atoms with Gasteiger partial charge in [0, 0.05) is 25.7 Å². The number of nitrogens with zero attached hydrogens (tertiary/aromatic N) is 1. The molecule has 1 amide bonds. The molecule has 2 rings (SSSR count). The van der Waals surface area contributed by atoms with Crippen molar-refractivity contribution in [2.45, 2.75) is 38.1 Å². The second-order valence-electron chi connectivity index (χ2n) is 4.61. The van der Waals surface area contributed by atoms with Gasteiger partial charge < -0.3 is 5.32 Å². The summed E-state index contributed by atoms with van der Waals surface area (Å²) in [5.41, 5.74) is 1.60. The first-order chi connectivity index (χ1) is 7.38. The number of likely N-dealkylation sites (tertiary alicyclic amines) is 1. The fraction of sp³-hybridized carbons (Fsp3) is 0.750. The third kappa shape index (κ3) is 3.06. The molecule has 1 N–H and O–H groups in total. The average molecular weight is 208 g/mol. The molecule has 0 bridgehead atoms. The lowest BCUT2D eigenvalue weighted by atomic mass is 9.99. The van der Waals surface area contributed by atoms with E-state index in [9.17, 15) is 4.79 Å². The molecule has 2 aliphatic rings. The minimum absolute atomic E-state index is 0.381. The van der Waals surface area contributed by atoms with E-state index in [0.29, 0.717) is 6.04 Å². The predicted molar refractivity (Wildman–Crippen MR) is 60.6 cm³/mol. The van der Waals surface area contributed by atoms with E-state index in [1.54, 1.807) is 5.57 Å². The van der Waals surface area contributed by atoms with Gasteiger partial charge in [-0.25, -0.2) is 0 Å². The quantitative estimate of drug-likeness (QED) is 0.558. The number of allylic oxidation sites excluding steroid dienone is 1. The summed E-state index contributed by atoms with van der Waals surface area (Å²) >= 11 is 0. The zero-order chi connectivity index (χ0) is 10.5. The molecule has 0 aromatic carbocycles. The van der Waals surface area contributed by atoms with Gasteiger partial charge in [-0.15, -0.1) is 0 Å². The standard InChI is InChI=1S/C12H20N2O/c15-10-13-12-6-7-14(9-12)8-11-4-2-1-3-5-11/h4,10,12H,1-3,5-9H2,(H,13,15). The van der Waals surface area contributed by atoms with Crippen LogP contribution in [-0.2, 0) is 4.79 Å². The number of nitrogens with one attached hydrogen (secondary N) is 1. The maximum absolute atomic E-state index is 10.3. The highest BCUT2D eigenvalue weighted by atomic mass is 16.1. The van der Waals surface area contributed by atoms with E-state index in [1.807, 2.05) is 0 Å². The van der Waals surface area contributed by atoms with E-state index in [-0.39, 0.29) is 0 Å². The van der Waals surface area contributed by atoms with Crippen LogP contribution in [0.2, 0.25) is 0 Å². The van der Waals surface area contributed by atoms with Crippen LogP contribution < -0.4 is 5.32 Å². The number of carbonyl (C=O) groups excluding carboxylic acids is 1. The van der Waals surface area contributed by atoms with Gasteiger partial charge in [-0.05, 0) is 32.1 Å². The number of amides is 1. The number of hydrogen-bond donors (Lipinski definition) is 1. The third-order valence-electron chi connectivity index (χ3n) is 3.39. The van der Waals surface area contributed by atoms with Gasteiger partial charge in [0.05, 0.1) is 0 Å². The monoisotopic (exact) mass is 208 g/mol. The maximum Gasteiger partial charge on any atom is 0.207 e. The molecule has 1 saturated heterocycles. The summed E-state index contributed by atoms with van der Waals surface area (Å²) in [6, 6.07) is 0.381. The molecule has 1 aliphatic heterocycles. The highest BCUT2D eigenvalue weighted by Crippen LogP contribution is 2.20. The SMILES string of the molecule is O=CNC1CCN(CC2=CCCCC2)C1. The van der Waals surface area contributed by atoms with Crippen LogP contribution in [0.1, 0.15) is 32.1 Å². The van der Waals surface area contributed by atoms with Crippen molar-refractivity contribution in [3.8, 4) is 0 Å². The van der Waals surface area contributed by atoms with Crippen molar-refractivity contribution in [3.63, 3.8) is 0 Å². The summed E-state index contributed by atoms with van der Waals surface area (Å²) in [6.45, 7) is 3.27. The Kier molecular flexibility index (Phi) is 3.78. The summed E-state index contributed by atoms with van der Waals surface area (Å²) in [5, 5.41) is 2.87. The highest BCUT2D eigenvalue weighted by molar-refractivity contribution is 5.46. The Bertz CT molecular complexity index is 250. The van der Waals surface area contributed by atoms with Crippen LogP contribution in [0.4, 0.5) is 0 Å². The summed E-state index contributed by atoms with van der Waals surface area (Å²) in [6.07, 6.45) is 9.60. The number of carbonyl (C=O) groups is 1. The maximum atomic E-state index is 10.3. The Labute approximate surface area is 91.5 Å².